The molecule has 0 N–H and O–H groups in total. The van der Waals surface area contributed by atoms with Gasteiger partial charge in [-0.2, -0.15) is 0 Å². The number of aromatic nitrogens is 3. The van der Waals surface area contributed by atoms with Crippen LogP contribution in [0.15, 0.2) is 36.5 Å². The second-order valence-electron chi connectivity index (χ2n) is 4.01. The minimum atomic E-state index is 0.105. The molecule has 1 aromatic heterocycles. The summed E-state index contributed by atoms with van der Waals surface area (Å²) in [6.07, 6.45) is 3.84. The molecule has 0 aliphatic carbocycles. The fraction of sp³-hybridized carbons (Fsp3) is 0.308. The first-order valence-corrected chi connectivity index (χ1v) is 5.69. The van der Waals surface area contributed by atoms with Crippen LogP contribution >= 0.6 is 0 Å². The van der Waals surface area contributed by atoms with E-state index in [-0.39, 0.29) is 5.78 Å². The highest BCUT2D eigenvalue weighted by atomic mass is 16.1. The molecule has 0 fully saturated rings. The van der Waals surface area contributed by atoms with Crippen molar-refractivity contribution in [1.29, 1.82) is 0 Å². The number of rotatable bonds is 5. The number of aryl methyl sites for hydroxylation is 2. The summed E-state index contributed by atoms with van der Waals surface area (Å²) in [6, 6.07) is 10.2. The van der Waals surface area contributed by atoms with Gasteiger partial charge in [-0.05, 0) is 18.4 Å². The standard InChI is InChI=1S/C13H15N3O/c1-16-12(10-14-15-16)13(17)9-5-8-11-6-3-2-4-7-11/h2-4,6-7,10H,5,8-9H2,1H3. The molecule has 0 spiro atoms. The Morgan fingerprint density at radius 1 is 1.29 bits per heavy atom. The van der Waals surface area contributed by atoms with Crippen LogP contribution in [0.2, 0.25) is 0 Å². The number of Topliss-reactive ketones (excluding diaryl/α,β-unsaturated/α-hetero) is 1. The SMILES string of the molecule is Cn1nncc1C(=O)CCCc1ccccc1. The minimum Gasteiger partial charge on any atom is -0.292 e. The average molecular weight is 229 g/mol. The molecular formula is C13H15N3O. The molecule has 4 heteroatoms. The quantitative estimate of drug-likeness (QED) is 0.737. The second-order valence-corrected chi connectivity index (χ2v) is 4.01. The molecule has 0 aliphatic heterocycles. The number of nitrogens with zero attached hydrogens (tertiary/aromatic N) is 3. The van der Waals surface area contributed by atoms with E-state index in [0.717, 1.165) is 12.8 Å². The van der Waals surface area contributed by atoms with Crippen molar-refractivity contribution in [2.45, 2.75) is 19.3 Å². The number of hydrogen-bond donors (Lipinski definition) is 0. The number of carbonyl (C=O) groups excluding carboxylic acids is 1. The van der Waals surface area contributed by atoms with Crippen LogP contribution in [-0.4, -0.2) is 20.8 Å². The topological polar surface area (TPSA) is 47.8 Å². The smallest absolute Gasteiger partial charge is 0.182 e. The Morgan fingerprint density at radius 2 is 2.06 bits per heavy atom. The van der Waals surface area contributed by atoms with Crippen LogP contribution in [0.3, 0.4) is 0 Å². The van der Waals surface area contributed by atoms with E-state index in [0.29, 0.717) is 12.1 Å². The van der Waals surface area contributed by atoms with Gasteiger partial charge < -0.3 is 0 Å². The first-order chi connectivity index (χ1) is 8.27. The third-order valence-electron chi connectivity index (χ3n) is 2.71. The molecule has 4 nitrogen and oxygen atoms in total. The van der Waals surface area contributed by atoms with Crippen molar-refractivity contribution >= 4 is 5.78 Å². The monoisotopic (exact) mass is 229 g/mol. The molecule has 1 heterocycles. The first-order valence-electron chi connectivity index (χ1n) is 5.69. The van der Waals surface area contributed by atoms with Crippen molar-refractivity contribution in [3.05, 3.63) is 47.8 Å². The highest BCUT2D eigenvalue weighted by molar-refractivity contribution is 5.94. The lowest BCUT2D eigenvalue weighted by Gasteiger charge is -2.01. The van der Waals surface area contributed by atoms with Gasteiger partial charge in [-0.3, -0.25) is 4.79 Å². The Bertz CT molecular complexity index is 490. The summed E-state index contributed by atoms with van der Waals surface area (Å²) >= 11 is 0. The summed E-state index contributed by atoms with van der Waals surface area (Å²) in [5, 5.41) is 7.45. The lowest BCUT2D eigenvalue weighted by molar-refractivity contribution is 0.0971. The van der Waals surface area contributed by atoms with E-state index in [2.05, 4.69) is 22.4 Å². The van der Waals surface area contributed by atoms with Crippen molar-refractivity contribution < 1.29 is 4.79 Å². The van der Waals surface area contributed by atoms with Crippen LogP contribution in [0, 0.1) is 0 Å². The Hall–Kier alpha value is -1.97. The highest BCUT2D eigenvalue weighted by Gasteiger charge is 2.10. The Balaban J connectivity index is 1.84. The normalized spacial score (nSPS) is 10.4. The van der Waals surface area contributed by atoms with Crippen LogP contribution in [0.4, 0.5) is 0 Å². The van der Waals surface area contributed by atoms with E-state index >= 15 is 0 Å². The fourth-order valence-electron chi connectivity index (χ4n) is 1.77. The molecule has 0 bridgehead atoms. The van der Waals surface area contributed by atoms with E-state index in [4.69, 9.17) is 0 Å². The van der Waals surface area contributed by atoms with Crippen LogP contribution in [-0.2, 0) is 13.5 Å². The van der Waals surface area contributed by atoms with Gasteiger partial charge >= 0.3 is 0 Å². The van der Waals surface area contributed by atoms with Gasteiger partial charge in [0.05, 0.1) is 6.20 Å². The summed E-state index contributed by atoms with van der Waals surface area (Å²) in [5.74, 6) is 0.105. The largest absolute Gasteiger partial charge is 0.292 e. The second kappa shape index (κ2) is 5.39. The third kappa shape index (κ3) is 3.00. The minimum absolute atomic E-state index is 0.105. The highest BCUT2D eigenvalue weighted by Crippen LogP contribution is 2.07. The van der Waals surface area contributed by atoms with Gasteiger partial charge in [0.25, 0.3) is 0 Å². The van der Waals surface area contributed by atoms with Gasteiger partial charge in [0, 0.05) is 13.5 Å². The molecule has 0 unspecified atom stereocenters. The molecule has 0 radical (unpaired) electrons. The maximum absolute atomic E-state index is 11.8. The van der Waals surface area contributed by atoms with E-state index in [1.165, 1.54) is 16.4 Å². The van der Waals surface area contributed by atoms with Gasteiger partial charge in [0.15, 0.2) is 5.78 Å². The van der Waals surface area contributed by atoms with E-state index in [1.54, 1.807) is 7.05 Å². The lowest BCUT2D eigenvalue weighted by Crippen LogP contribution is -2.07. The first kappa shape index (κ1) is 11.5. The molecule has 0 saturated heterocycles. The Labute approximate surface area is 100 Å². The molecule has 1 aromatic carbocycles. The summed E-state index contributed by atoms with van der Waals surface area (Å²) in [6.45, 7) is 0. The van der Waals surface area contributed by atoms with Crippen LogP contribution in [0.5, 0.6) is 0 Å². The summed E-state index contributed by atoms with van der Waals surface area (Å²) < 4.78 is 1.52. The zero-order chi connectivity index (χ0) is 12.1. The van der Waals surface area contributed by atoms with E-state index in [1.807, 2.05) is 18.2 Å². The molecule has 88 valence electrons. The summed E-state index contributed by atoms with van der Waals surface area (Å²) in [4.78, 5) is 11.8. The summed E-state index contributed by atoms with van der Waals surface area (Å²) in [5.41, 5.74) is 1.85. The van der Waals surface area contributed by atoms with Gasteiger partial charge in [-0.15, -0.1) is 5.10 Å². The van der Waals surface area contributed by atoms with Crippen molar-refractivity contribution in [3.8, 4) is 0 Å². The Morgan fingerprint density at radius 3 is 2.71 bits per heavy atom. The zero-order valence-electron chi connectivity index (χ0n) is 9.84. The van der Waals surface area contributed by atoms with Crippen LogP contribution < -0.4 is 0 Å². The molecule has 2 aromatic rings. The molecule has 0 saturated carbocycles. The molecule has 0 aliphatic rings. The fourth-order valence-corrected chi connectivity index (χ4v) is 1.77. The third-order valence-corrected chi connectivity index (χ3v) is 2.71. The van der Waals surface area contributed by atoms with Crippen LogP contribution in [0.1, 0.15) is 28.9 Å². The van der Waals surface area contributed by atoms with Gasteiger partial charge in [-0.25, -0.2) is 4.68 Å². The Kier molecular flexibility index (Phi) is 3.65. The van der Waals surface area contributed by atoms with Gasteiger partial charge in [-0.1, -0.05) is 35.5 Å². The van der Waals surface area contributed by atoms with E-state index in [9.17, 15) is 4.79 Å². The molecule has 17 heavy (non-hydrogen) atoms. The maximum Gasteiger partial charge on any atom is 0.182 e. The molecule has 2 rings (SSSR count). The van der Waals surface area contributed by atoms with Crippen molar-refractivity contribution in [2.24, 2.45) is 7.05 Å². The van der Waals surface area contributed by atoms with Gasteiger partial charge in [0.2, 0.25) is 0 Å². The number of carbonyl (C=O) groups is 1. The zero-order valence-corrected chi connectivity index (χ0v) is 9.84. The molecular weight excluding hydrogens is 214 g/mol. The van der Waals surface area contributed by atoms with Crippen LogP contribution in [0.25, 0.3) is 0 Å². The number of hydrogen-bond acceptors (Lipinski definition) is 3. The number of benzene rings is 1. The van der Waals surface area contributed by atoms with Crippen molar-refractivity contribution in [3.63, 3.8) is 0 Å². The maximum atomic E-state index is 11.8. The van der Waals surface area contributed by atoms with Crippen molar-refractivity contribution in [2.75, 3.05) is 0 Å². The lowest BCUT2D eigenvalue weighted by atomic mass is 10.1. The predicted octanol–water partition coefficient (Wildman–Crippen LogP) is 2.02. The number of ketones is 1. The molecule has 0 amide bonds. The molecule has 0 atom stereocenters. The average Bonchev–Trinajstić information content (AvgIpc) is 2.77. The van der Waals surface area contributed by atoms with Crippen molar-refractivity contribution in [1.82, 2.24) is 15.0 Å². The van der Waals surface area contributed by atoms with Gasteiger partial charge in [0.1, 0.15) is 5.69 Å². The predicted molar refractivity (Wildman–Crippen MR) is 64.7 cm³/mol. The summed E-state index contributed by atoms with van der Waals surface area (Å²) in [7, 11) is 1.73. The van der Waals surface area contributed by atoms with E-state index < -0.39 is 0 Å².